The van der Waals surface area contributed by atoms with Crippen LogP contribution in [0.2, 0.25) is 0 Å². The lowest BCUT2D eigenvalue weighted by molar-refractivity contribution is -0.716. The first kappa shape index (κ1) is 22.3. The van der Waals surface area contributed by atoms with E-state index in [4.69, 9.17) is 4.99 Å². The number of benzene rings is 3. The van der Waals surface area contributed by atoms with Crippen molar-refractivity contribution in [2.24, 2.45) is 4.99 Å². The second kappa shape index (κ2) is 10.2. The number of aromatic nitrogens is 2. The van der Waals surface area contributed by atoms with Gasteiger partial charge < -0.3 is 0 Å². The Balaban J connectivity index is 1.66. The lowest BCUT2D eigenvalue weighted by Gasteiger charge is -2.27. The number of hydrogen-bond acceptors (Lipinski definition) is 1. The van der Waals surface area contributed by atoms with Gasteiger partial charge in [0.1, 0.15) is 6.04 Å². The number of hydrogen-bond donors (Lipinski definition) is 0. The predicted octanol–water partition coefficient (Wildman–Crippen LogP) is 7.29. The number of nitrogens with zero attached hydrogens (tertiary/aromatic N) is 3. The number of aliphatic imine (C=N–C) groups is 1. The summed E-state index contributed by atoms with van der Waals surface area (Å²) in [6.07, 6.45) is 9.20. The third kappa shape index (κ3) is 4.61. The first-order valence-corrected chi connectivity index (χ1v) is 12.6. The van der Waals surface area contributed by atoms with Gasteiger partial charge in [-0.3, -0.25) is 4.99 Å². The second-order valence-electron chi connectivity index (χ2n) is 9.56. The molecule has 1 aliphatic carbocycles. The van der Waals surface area contributed by atoms with E-state index < -0.39 is 0 Å². The maximum absolute atomic E-state index is 5.15. The molecule has 0 radical (unpaired) electrons. The van der Waals surface area contributed by atoms with Crippen molar-refractivity contribution in [1.82, 2.24) is 4.57 Å². The monoisotopic (exact) mass is 448 g/mol. The quantitative estimate of drug-likeness (QED) is 0.218. The molecular weight excluding hydrogens is 414 g/mol. The molecular formula is C31H34N3+. The Morgan fingerprint density at radius 1 is 0.794 bits per heavy atom. The third-order valence-corrected chi connectivity index (χ3v) is 6.91. The molecule has 3 aromatic carbocycles. The van der Waals surface area contributed by atoms with E-state index in [1.54, 1.807) is 0 Å². The van der Waals surface area contributed by atoms with Gasteiger partial charge in [-0.15, -0.1) is 0 Å². The minimum Gasteiger partial charge on any atom is -0.285 e. The number of imidazole rings is 1. The zero-order valence-corrected chi connectivity index (χ0v) is 20.2. The molecule has 34 heavy (non-hydrogen) atoms. The molecule has 0 bridgehead atoms. The molecule has 1 aliphatic rings. The van der Waals surface area contributed by atoms with Gasteiger partial charge in [0.15, 0.2) is 11.4 Å². The van der Waals surface area contributed by atoms with Crippen LogP contribution in [0, 0.1) is 0 Å². The predicted molar refractivity (Wildman–Crippen MR) is 141 cm³/mol. The molecule has 1 aromatic heterocycles. The Kier molecular flexibility index (Phi) is 6.71. The smallest absolute Gasteiger partial charge is 0.245 e. The average molecular weight is 449 g/mol. The molecule has 3 nitrogen and oxygen atoms in total. The molecule has 0 saturated heterocycles. The molecule has 5 rings (SSSR count). The fraction of sp³-hybridized carbons (Fsp3) is 0.290. The van der Waals surface area contributed by atoms with Crippen LogP contribution < -0.4 is 4.57 Å². The first-order chi connectivity index (χ1) is 16.7. The minimum atomic E-state index is 0.271. The zero-order chi connectivity index (χ0) is 23.3. The SMILES string of the molecule is CC(C)n1c[n+]([C@@H]2CCCC[C@H]2N=Cc2ccccc2)c(-c2ccccc2)c1-c1ccccc1. The van der Waals surface area contributed by atoms with Gasteiger partial charge in [0.05, 0.1) is 12.1 Å². The average Bonchev–Trinajstić information content (AvgIpc) is 3.30. The summed E-state index contributed by atoms with van der Waals surface area (Å²) in [6, 6.07) is 33.2. The second-order valence-corrected chi connectivity index (χ2v) is 9.56. The van der Waals surface area contributed by atoms with Gasteiger partial charge in [-0.25, -0.2) is 9.13 Å². The van der Waals surface area contributed by atoms with Crippen molar-refractivity contribution in [3.8, 4) is 22.5 Å². The molecule has 1 heterocycles. The van der Waals surface area contributed by atoms with Gasteiger partial charge in [0.25, 0.3) is 0 Å². The van der Waals surface area contributed by atoms with Crippen molar-refractivity contribution in [1.29, 1.82) is 0 Å². The summed E-state index contributed by atoms with van der Waals surface area (Å²) in [4.78, 5) is 5.15. The summed E-state index contributed by atoms with van der Waals surface area (Å²) in [7, 11) is 0. The molecule has 2 atom stereocenters. The highest BCUT2D eigenvalue weighted by molar-refractivity contribution is 5.79. The molecule has 1 saturated carbocycles. The van der Waals surface area contributed by atoms with Gasteiger partial charge in [0.2, 0.25) is 6.33 Å². The maximum atomic E-state index is 5.15. The van der Waals surface area contributed by atoms with Crippen molar-refractivity contribution in [2.75, 3.05) is 0 Å². The molecule has 3 heteroatoms. The molecule has 172 valence electrons. The number of rotatable bonds is 6. The van der Waals surface area contributed by atoms with E-state index in [0.29, 0.717) is 12.1 Å². The van der Waals surface area contributed by atoms with Crippen LogP contribution in [0.4, 0.5) is 0 Å². The van der Waals surface area contributed by atoms with Crippen molar-refractivity contribution in [3.63, 3.8) is 0 Å². The summed E-state index contributed by atoms with van der Waals surface area (Å²) in [6.45, 7) is 4.55. The fourth-order valence-corrected chi connectivity index (χ4v) is 5.21. The van der Waals surface area contributed by atoms with E-state index in [2.05, 4.69) is 127 Å². The van der Waals surface area contributed by atoms with Crippen LogP contribution in [-0.2, 0) is 0 Å². The third-order valence-electron chi connectivity index (χ3n) is 6.91. The summed E-state index contributed by atoms with van der Waals surface area (Å²) in [5, 5.41) is 0. The topological polar surface area (TPSA) is 21.2 Å². The van der Waals surface area contributed by atoms with Crippen molar-refractivity contribution in [2.45, 2.75) is 57.7 Å². The van der Waals surface area contributed by atoms with Crippen LogP contribution >= 0.6 is 0 Å². The Morgan fingerprint density at radius 2 is 1.38 bits per heavy atom. The molecule has 0 amide bonds. The van der Waals surface area contributed by atoms with Crippen molar-refractivity contribution >= 4 is 6.21 Å². The first-order valence-electron chi connectivity index (χ1n) is 12.6. The summed E-state index contributed by atoms with van der Waals surface area (Å²) in [5.41, 5.74) is 6.28. The molecule has 0 unspecified atom stereocenters. The summed E-state index contributed by atoms with van der Waals surface area (Å²) in [5.74, 6) is 0. The highest BCUT2D eigenvalue weighted by atomic mass is 15.2. The maximum Gasteiger partial charge on any atom is 0.245 e. The van der Waals surface area contributed by atoms with Crippen LogP contribution in [0.25, 0.3) is 22.5 Å². The standard InChI is InChI=1S/C31H34N3/c1-24(2)33-23-34(29-21-13-12-20-28(29)32-22-25-14-6-3-7-15-25)31(27-18-10-5-11-19-27)30(33)26-16-8-4-9-17-26/h3-11,14-19,22-24,28-29H,12-13,20-21H2,1-2H3/q+1/t28-,29-/m1/s1. The van der Waals surface area contributed by atoms with Gasteiger partial charge in [-0.05, 0) is 38.7 Å². The largest absolute Gasteiger partial charge is 0.285 e. The zero-order valence-electron chi connectivity index (χ0n) is 20.2. The van der Waals surface area contributed by atoms with E-state index in [-0.39, 0.29) is 6.04 Å². The van der Waals surface area contributed by atoms with Crippen LogP contribution in [0.5, 0.6) is 0 Å². The van der Waals surface area contributed by atoms with Crippen LogP contribution in [0.1, 0.15) is 57.2 Å². The Bertz CT molecular complexity index is 1220. The van der Waals surface area contributed by atoms with E-state index in [1.807, 2.05) is 0 Å². The van der Waals surface area contributed by atoms with Gasteiger partial charge >= 0.3 is 0 Å². The lowest BCUT2D eigenvalue weighted by atomic mass is 9.89. The van der Waals surface area contributed by atoms with E-state index in [1.165, 1.54) is 40.9 Å². The highest BCUT2D eigenvalue weighted by Gasteiger charge is 2.36. The fourth-order valence-electron chi connectivity index (χ4n) is 5.21. The molecule has 0 aliphatic heterocycles. The Labute approximate surface area is 203 Å². The van der Waals surface area contributed by atoms with Crippen molar-refractivity contribution in [3.05, 3.63) is 103 Å². The van der Waals surface area contributed by atoms with Crippen LogP contribution in [0.15, 0.2) is 102 Å². The Morgan fingerprint density at radius 3 is 2.03 bits per heavy atom. The lowest BCUT2D eigenvalue weighted by Crippen LogP contribution is -2.47. The van der Waals surface area contributed by atoms with Crippen molar-refractivity contribution < 1.29 is 4.57 Å². The van der Waals surface area contributed by atoms with Gasteiger partial charge in [-0.1, -0.05) is 97.4 Å². The molecule has 0 N–H and O–H groups in total. The molecule has 4 aromatic rings. The highest BCUT2D eigenvalue weighted by Crippen LogP contribution is 2.36. The minimum absolute atomic E-state index is 0.271. The van der Waals surface area contributed by atoms with Gasteiger partial charge in [0, 0.05) is 17.3 Å². The summed E-state index contributed by atoms with van der Waals surface area (Å²) < 4.78 is 4.99. The molecule has 0 spiro atoms. The van der Waals surface area contributed by atoms with Gasteiger partial charge in [-0.2, -0.15) is 0 Å². The van der Waals surface area contributed by atoms with Crippen LogP contribution in [-0.4, -0.2) is 16.8 Å². The van der Waals surface area contributed by atoms with E-state index in [0.717, 1.165) is 12.8 Å². The van der Waals surface area contributed by atoms with E-state index >= 15 is 0 Å². The van der Waals surface area contributed by atoms with Crippen LogP contribution in [0.3, 0.4) is 0 Å². The molecule has 1 fully saturated rings. The summed E-state index contributed by atoms with van der Waals surface area (Å²) >= 11 is 0. The normalized spacial score (nSPS) is 18.6. The Hall–Kier alpha value is -3.46. The van der Waals surface area contributed by atoms with E-state index in [9.17, 15) is 0 Å².